The summed E-state index contributed by atoms with van der Waals surface area (Å²) in [5.74, 6) is -0.841. The highest BCUT2D eigenvalue weighted by atomic mass is 16.5. The lowest BCUT2D eigenvalue weighted by molar-refractivity contribution is -0.112. The molecule has 0 fully saturated rings. The number of rotatable bonds is 5. The van der Waals surface area contributed by atoms with E-state index in [1.807, 2.05) is 0 Å². The fourth-order valence-electron chi connectivity index (χ4n) is 1.21. The molecule has 1 aromatic carbocycles. The maximum atomic E-state index is 11.7. The minimum Gasteiger partial charge on any atom is -0.458 e. The minimum absolute atomic E-state index is 0.127. The number of para-hydroxylation sites is 1. The number of ether oxygens (including phenoxy) is 1. The third-order valence-electron chi connectivity index (χ3n) is 2.12. The summed E-state index contributed by atoms with van der Waals surface area (Å²) in [5.41, 5.74) is 1.07. The standard InChI is InChI=1S/C14H15NO3/c1-4-9-18-14(17)11-7-5-6-8-12(11)15-13(16)10(2)3/h4-8H,1-2,9H2,3H3,(H,15,16). The zero-order valence-electron chi connectivity index (χ0n) is 10.2. The summed E-state index contributed by atoms with van der Waals surface area (Å²) in [6, 6.07) is 6.63. The van der Waals surface area contributed by atoms with Crippen molar-refractivity contribution < 1.29 is 14.3 Å². The smallest absolute Gasteiger partial charge is 0.340 e. The first-order valence-corrected chi connectivity index (χ1v) is 5.40. The van der Waals surface area contributed by atoms with Crippen LogP contribution in [0.4, 0.5) is 5.69 Å². The summed E-state index contributed by atoms with van der Waals surface area (Å²) in [6.07, 6.45) is 1.48. The van der Waals surface area contributed by atoms with Crippen LogP contribution in [0.1, 0.15) is 17.3 Å². The summed E-state index contributed by atoms with van der Waals surface area (Å²) in [5, 5.41) is 2.60. The third kappa shape index (κ3) is 3.59. The Labute approximate surface area is 106 Å². The van der Waals surface area contributed by atoms with Gasteiger partial charge in [0.1, 0.15) is 6.61 Å². The number of benzene rings is 1. The van der Waals surface area contributed by atoms with Crippen molar-refractivity contribution in [1.82, 2.24) is 0 Å². The lowest BCUT2D eigenvalue weighted by Crippen LogP contribution is -2.16. The van der Waals surface area contributed by atoms with Crippen LogP contribution in [0.15, 0.2) is 49.1 Å². The van der Waals surface area contributed by atoms with Gasteiger partial charge in [0.2, 0.25) is 0 Å². The van der Waals surface area contributed by atoms with E-state index < -0.39 is 5.97 Å². The quantitative estimate of drug-likeness (QED) is 0.492. The summed E-state index contributed by atoms with van der Waals surface area (Å²) in [6.45, 7) is 8.71. The van der Waals surface area contributed by atoms with Gasteiger partial charge in [0, 0.05) is 5.57 Å². The predicted octanol–water partition coefficient (Wildman–Crippen LogP) is 2.54. The second-order valence-electron chi connectivity index (χ2n) is 3.67. The summed E-state index contributed by atoms with van der Waals surface area (Å²) >= 11 is 0. The Hall–Kier alpha value is -2.36. The van der Waals surface area contributed by atoms with Gasteiger partial charge >= 0.3 is 5.97 Å². The van der Waals surface area contributed by atoms with Crippen molar-refractivity contribution in [2.45, 2.75) is 6.92 Å². The Morgan fingerprint density at radius 1 is 1.39 bits per heavy atom. The van der Waals surface area contributed by atoms with Crippen LogP contribution in [-0.2, 0) is 9.53 Å². The Balaban J connectivity index is 2.92. The highest BCUT2D eigenvalue weighted by molar-refractivity contribution is 6.07. The number of carbonyl (C=O) groups excluding carboxylic acids is 2. The van der Waals surface area contributed by atoms with Crippen molar-refractivity contribution >= 4 is 17.6 Å². The third-order valence-corrected chi connectivity index (χ3v) is 2.12. The molecule has 4 heteroatoms. The minimum atomic E-state index is -0.507. The molecule has 0 spiro atoms. The molecule has 0 saturated heterocycles. The molecular weight excluding hydrogens is 230 g/mol. The molecule has 0 radical (unpaired) electrons. The fraction of sp³-hybridized carbons (Fsp3) is 0.143. The van der Waals surface area contributed by atoms with Gasteiger partial charge in [-0.05, 0) is 19.1 Å². The molecule has 0 aliphatic rings. The molecule has 0 aromatic heterocycles. The number of amides is 1. The number of esters is 1. The van der Waals surface area contributed by atoms with E-state index in [4.69, 9.17) is 4.74 Å². The fourth-order valence-corrected chi connectivity index (χ4v) is 1.21. The van der Waals surface area contributed by atoms with Crippen LogP contribution in [0.25, 0.3) is 0 Å². The van der Waals surface area contributed by atoms with Gasteiger partial charge in [-0.15, -0.1) is 0 Å². The highest BCUT2D eigenvalue weighted by Gasteiger charge is 2.13. The van der Waals surface area contributed by atoms with Crippen LogP contribution in [0.5, 0.6) is 0 Å². The van der Waals surface area contributed by atoms with Gasteiger partial charge in [-0.1, -0.05) is 31.4 Å². The van der Waals surface area contributed by atoms with Crippen LogP contribution >= 0.6 is 0 Å². The van der Waals surface area contributed by atoms with E-state index in [2.05, 4.69) is 18.5 Å². The van der Waals surface area contributed by atoms with E-state index in [-0.39, 0.29) is 12.5 Å². The first kappa shape index (κ1) is 13.7. The van der Waals surface area contributed by atoms with Gasteiger partial charge in [-0.3, -0.25) is 4.79 Å². The Bertz CT molecular complexity index is 492. The van der Waals surface area contributed by atoms with Crippen LogP contribution in [0.3, 0.4) is 0 Å². The highest BCUT2D eigenvalue weighted by Crippen LogP contribution is 2.16. The van der Waals surface area contributed by atoms with E-state index in [0.717, 1.165) is 0 Å². The van der Waals surface area contributed by atoms with Crippen molar-refractivity contribution in [2.24, 2.45) is 0 Å². The molecule has 1 amide bonds. The van der Waals surface area contributed by atoms with Crippen molar-refractivity contribution in [3.63, 3.8) is 0 Å². The maximum absolute atomic E-state index is 11.7. The summed E-state index contributed by atoms with van der Waals surface area (Å²) in [7, 11) is 0. The van der Waals surface area contributed by atoms with E-state index in [0.29, 0.717) is 16.8 Å². The second-order valence-corrected chi connectivity index (χ2v) is 3.67. The van der Waals surface area contributed by atoms with Crippen LogP contribution in [0.2, 0.25) is 0 Å². The first-order chi connectivity index (χ1) is 8.56. The molecule has 94 valence electrons. The molecule has 1 N–H and O–H groups in total. The molecule has 0 unspecified atom stereocenters. The number of anilines is 1. The van der Waals surface area contributed by atoms with Gasteiger partial charge < -0.3 is 10.1 Å². The largest absolute Gasteiger partial charge is 0.458 e. The molecule has 0 heterocycles. The molecule has 0 atom stereocenters. The molecular formula is C14H15NO3. The number of hydrogen-bond acceptors (Lipinski definition) is 3. The van der Waals surface area contributed by atoms with Gasteiger partial charge in [0.05, 0.1) is 11.3 Å². The molecule has 1 aromatic rings. The molecule has 0 bridgehead atoms. The predicted molar refractivity (Wildman–Crippen MR) is 70.4 cm³/mol. The SMILES string of the molecule is C=CCOC(=O)c1ccccc1NC(=O)C(=C)C. The lowest BCUT2D eigenvalue weighted by atomic mass is 10.1. The van der Waals surface area contributed by atoms with Gasteiger partial charge in [-0.25, -0.2) is 4.79 Å². The molecule has 1 rings (SSSR count). The maximum Gasteiger partial charge on any atom is 0.340 e. The van der Waals surface area contributed by atoms with E-state index in [1.54, 1.807) is 31.2 Å². The Morgan fingerprint density at radius 3 is 2.67 bits per heavy atom. The molecule has 4 nitrogen and oxygen atoms in total. The van der Waals surface area contributed by atoms with E-state index in [9.17, 15) is 9.59 Å². The molecule has 0 saturated carbocycles. The number of hydrogen-bond donors (Lipinski definition) is 1. The zero-order valence-corrected chi connectivity index (χ0v) is 10.2. The average molecular weight is 245 g/mol. The second kappa shape index (κ2) is 6.39. The monoisotopic (exact) mass is 245 g/mol. The first-order valence-electron chi connectivity index (χ1n) is 5.40. The topological polar surface area (TPSA) is 55.4 Å². The summed E-state index contributed by atoms with van der Waals surface area (Å²) in [4.78, 5) is 23.3. The zero-order chi connectivity index (χ0) is 13.5. The van der Waals surface area contributed by atoms with Crippen molar-refractivity contribution in [3.8, 4) is 0 Å². The van der Waals surface area contributed by atoms with Crippen molar-refractivity contribution in [2.75, 3.05) is 11.9 Å². The van der Waals surface area contributed by atoms with Crippen molar-refractivity contribution in [1.29, 1.82) is 0 Å². The average Bonchev–Trinajstić information content (AvgIpc) is 2.36. The van der Waals surface area contributed by atoms with E-state index in [1.165, 1.54) is 6.08 Å². The van der Waals surface area contributed by atoms with Gasteiger partial charge in [-0.2, -0.15) is 0 Å². The Kier molecular flexibility index (Phi) is 4.87. The van der Waals surface area contributed by atoms with E-state index >= 15 is 0 Å². The lowest BCUT2D eigenvalue weighted by Gasteiger charge is -2.10. The van der Waals surface area contributed by atoms with Crippen LogP contribution in [-0.4, -0.2) is 18.5 Å². The van der Waals surface area contributed by atoms with Crippen LogP contribution < -0.4 is 5.32 Å². The molecule has 18 heavy (non-hydrogen) atoms. The van der Waals surface area contributed by atoms with Gasteiger partial charge in [0.25, 0.3) is 5.91 Å². The number of nitrogens with one attached hydrogen (secondary N) is 1. The van der Waals surface area contributed by atoms with Crippen LogP contribution in [0, 0.1) is 0 Å². The Morgan fingerprint density at radius 2 is 2.06 bits per heavy atom. The summed E-state index contributed by atoms with van der Waals surface area (Å²) < 4.78 is 4.93. The van der Waals surface area contributed by atoms with Gasteiger partial charge in [0.15, 0.2) is 0 Å². The number of carbonyl (C=O) groups is 2. The molecule has 0 aliphatic carbocycles. The molecule has 0 aliphatic heterocycles. The normalized spacial score (nSPS) is 9.39. The van der Waals surface area contributed by atoms with Crippen molar-refractivity contribution in [3.05, 3.63) is 54.6 Å².